The lowest BCUT2D eigenvalue weighted by molar-refractivity contribution is 0.111. The maximum Gasteiger partial charge on any atom is 0.170 e. The van der Waals surface area contributed by atoms with Crippen molar-refractivity contribution in [2.45, 2.75) is 6.92 Å². The number of aldehydes is 1. The van der Waals surface area contributed by atoms with Crippen LogP contribution in [0, 0.1) is 6.92 Å². The van der Waals surface area contributed by atoms with Gasteiger partial charge in [0.1, 0.15) is 5.69 Å². The molecule has 0 saturated heterocycles. The Labute approximate surface area is 68.8 Å². The molecule has 0 atom stereocenters. The highest BCUT2D eigenvalue weighted by Crippen LogP contribution is 2.02. The maximum atomic E-state index is 10.4. The Bertz CT molecular complexity index is 433. The fourth-order valence-corrected chi connectivity index (χ4v) is 1.08. The van der Waals surface area contributed by atoms with Gasteiger partial charge in [-0.15, -0.1) is 0 Å². The van der Waals surface area contributed by atoms with E-state index in [9.17, 15) is 4.79 Å². The molecule has 0 N–H and O–H groups in total. The third-order valence-electron chi connectivity index (χ3n) is 1.58. The number of carbonyl (C=O) groups excluding carboxylic acids is 1. The van der Waals surface area contributed by atoms with Gasteiger partial charge < -0.3 is 0 Å². The van der Waals surface area contributed by atoms with Crippen LogP contribution in [0.3, 0.4) is 0 Å². The molecule has 0 bridgehead atoms. The minimum absolute atomic E-state index is 0.417. The van der Waals surface area contributed by atoms with Crippen LogP contribution in [0.1, 0.15) is 16.2 Å². The normalized spacial score (nSPS) is 10.4. The Kier molecular flexibility index (Phi) is 1.40. The van der Waals surface area contributed by atoms with Crippen LogP contribution in [0.2, 0.25) is 0 Å². The zero-order valence-electron chi connectivity index (χ0n) is 6.56. The third-order valence-corrected chi connectivity index (χ3v) is 1.58. The Hall–Kier alpha value is -1.71. The van der Waals surface area contributed by atoms with Gasteiger partial charge in [0.2, 0.25) is 0 Å². The van der Waals surface area contributed by atoms with Gasteiger partial charge in [-0.2, -0.15) is 5.10 Å². The van der Waals surface area contributed by atoms with Crippen molar-refractivity contribution in [1.82, 2.24) is 14.6 Å². The Morgan fingerprint density at radius 2 is 2.33 bits per heavy atom. The first-order valence-corrected chi connectivity index (χ1v) is 3.58. The van der Waals surface area contributed by atoms with E-state index in [0.29, 0.717) is 5.69 Å². The first-order valence-electron chi connectivity index (χ1n) is 3.58. The van der Waals surface area contributed by atoms with E-state index in [0.717, 1.165) is 17.6 Å². The molecule has 0 radical (unpaired) electrons. The Balaban J connectivity index is 2.74. The van der Waals surface area contributed by atoms with Crippen molar-refractivity contribution < 1.29 is 4.79 Å². The van der Waals surface area contributed by atoms with Gasteiger partial charge in [0.05, 0.1) is 11.9 Å². The van der Waals surface area contributed by atoms with E-state index in [1.807, 2.05) is 6.92 Å². The highest BCUT2D eigenvalue weighted by Gasteiger charge is 1.98. The fourth-order valence-electron chi connectivity index (χ4n) is 1.08. The standard InChI is InChI=1S/C8H7N3O/c1-6-4-11-8(9-6)3-2-7(5-12)10-11/h2-5H,1H3. The van der Waals surface area contributed by atoms with Crippen molar-refractivity contribution in [2.75, 3.05) is 0 Å². The number of carbonyl (C=O) groups is 1. The van der Waals surface area contributed by atoms with Crippen molar-refractivity contribution in [2.24, 2.45) is 0 Å². The van der Waals surface area contributed by atoms with Crippen LogP contribution in [0.25, 0.3) is 5.65 Å². The van der Waals surface area contributed by atoms with E-state index in [-0.39, 0.29) is 0 Å². The van der Waals surface area contributed by atoms with Crippen LogP contribution < -0.4 is 0 Å². The van der Waals surface area contributed by atoms with E-state index in [4.69, 9.17) is 0 Å². The molecule has 0 aromatic carbocycles. The van der Waals surface area contributed by atoms with E-state index >= 15 is 0 Å². The first kappa shape index (κ1) is 6.97. The fraction of sp³-hybridized carbons (Fsp3) is 0.125. The van der Waals surface area contributed by atoms with Crippen molar-refractivity contribution in [3.63, 3.8) is 0 Å². The summed E-state index contributed by atoms with van der Waals surface area (Å²) in [5.74, 6) is 0. The maximum absolute atomic E-state index is 10.4. The summed E-state index contributed by atoms with van der Waals surface area (Å²) in [5.41, 5.74) is 2.07. The quantitative estimate of drug-likeness (QED) is 0.582. The summed E-state index contributed by atoms with van der Waals surface area (Å²) >= 11 is 0. The summed E-state index contributed by atoms with van der Waals surface area (Å²) in [4.78, 5) is 14.5. The largest absolute Gasteiger partial charge is 0.296 e. The molecular formula is C8H7N3O. The lowest BCUT2D eigenvalue weighted by atomic mass is 10.4. The van der Waals surface area contributed by atoms with Crippen LogP contribution in [-0.4, -0.2) is 20.9 Å². The minimum Gasteiger partial charge on any atom is -0.296 e. The first-order chi connectivity index (χ1) is 5.79. The van der Waals surface area contributed by atoms with Gasteiger partial charge in [-0.3, -0.25) is 4.79 Å². The molecule has 0 aliphatic carbocycles. The topological polar surface area (TPSA) is 47.3 Å². The molecule has 4 heteroatoms. The molecule has 60 valence electrons. The van der Waals surface area contributed by atoms with Crippen LogP contribution in [0.4, 0.5) is 0 Å². The molecule has 0 unspecified atom stereocenters. The Morgan fingerprint density at radius 1 is 1.50 bits per heavy atom. The lowest BCUT2D eigenvalue weighted by Gasteiger charge is -1.91. The molecule has 2 aromatic heterocycles. The number of aryl methyl sites for hydroxylation is 1. The van der Waals surface area contributed by atoms with Gasteiger partial charge in [0.15, 0.2) is 11.9 Å². The summed E-state index contributed by atoms with van der Waals surface area (Å²) in [6.07, 6.45) is 2.50. The van der Waals surface area contributed by atoms with E-state index in [1.54, 1.807) is 22.8 Å². The molecule has 0 fully saturated rings. The van der Waals surface area contributed by atoms with Gasteiger partial charge in [-0.25, -0.2) is 9.50 Å². The summed E-state index contributed by atoms with van der Waals surface area (Å²) in [6, 6.07) is 3.42. The van der Waals surface area contributed by atoms with Crippen LogP contribution >= 0.6 is 0 Å². The second kappa shape index (κ2) is 2.41. The third kappa shape index (κ3) is 0.972. The predicted octanol–water partition coefficient (Wildman–Crippen LogP) is 0.850. The molecule has 2 aromatic rings. The van der Waals surface area contributed by atoms with Crippen molar-refractivity contribution in [1.29, 1.82) is 0 Å². The molecular weight excluding hydrogens is 154 g/mol. The van der Waals surface area contributed by atoms with Gasteiger partial charge >= 0.3 is 0 Å². The average molecular weight is 161 g/mol. The monoisotopic (exact) mass is 161 g/mol. The lowest BCUT2D eigenvalue weighted by Crippen LogP contribution is -1.94. The molecule has 0 amide bonds. The highest BCUT2D eigenvalue weighted by atomic mass is 16.1. The van der Waals surface area contributed by atoms with Gasteiger partial charge in [-0.05, 0) is 19.1 Å². The number of hydrogen-bond donors (Lipinski definition) is 0. The highest BCUT2D eigenvalue weighted by molar-refractivity contribution is 5.71. The zero-order valence-corrected chi connectivity index (χ0v) is 6.56. The molecule has 0 aliphatic rings. The number of fused-ring (bicyclic) bond motifs is 1. The van der Waals surface area contributed by atoms with E-state index < -0.39 is 0 Å². The number of aromatic nitrogens is 3. The molecule has 0 spiro atoms. The smallest absolute Gasteiger partial charge is 0.170 e. The second-order valence-electron chi connectivity index (χ2n) is 2.56. The van der Waals surface area contributed by atoms with Crippen LogP contribution in [0.15, 0.2) is 18.3 Å². The van der Waals surface area contributed by atoms with Crippen molar-refractivity contribution in [3.05, 3.63) is 29.7 Å². The summed E-state index contributed by atoms with van der Waals surface area (Å²) in [5, 5.41) is 4.00. The molecule has 12 heavy (non-hydrogen) atoms. The van der Waals surface area contributed by atoms with Crippen LogP contribution in [-0.2, 0) is 0 Å². The molecule has 2 rings (SSSR count). The van der Waals surface area contributed by atoms with Crippen molar-refractivity contribution in [3.8, 4) is 0 Å². The van der Waals surface area contributed by atoms with E-state index in [2.05, 4.69) is 10.1 Å². The van der Waals surface area contributed by atoms with Gasteiger partial charge in [0.25, 0.3) is 0 Å². The predicted molar refractivity (Wildman–Crippen MR) is 43.1 cm³/mol. The van der Waals surface area contributed by atoms with Gasteiger partial charge in [-0.1, -0.05) is 0 Å². The molecule has 0 aliphatic heterocycles. The minimum atomic E-state index is 0.417. The Morgan fingerprint density at radius 3 is 3.08 bits per heavy atom. The SMILES string of the molecule is Cc1cn2nc(C=O)ccc2n1. The zero-order chi connectivity index (χ0) is 8.55. The van der Waals surface area contributed by atoms with Crippen LogP contribution in [0.5, 0.6) is 0 Å². The molecule has 2 heterocycles. The number of rotatable bonds is 1. The number of imidazole rings is 1. The summed E-state index contributed by atoms with van der Waals surface area (Å²) in [6.45, 7) is 1.88. The van der Waals surface area contributed by atoms with E-state index in [1.165, 1.54) is 0 Å². The summed E-state index contributed by atoms with van der Waals surface area (Å²) in [7, 11) is 0. The average Bonchev–Trinajstić information content (AvgIpc) is 2.43. The summed E-state index contributed by atoms with van der Waals surface area (Å²) < 4.78 is 1.60. The number of hydrogen-bond acceptors (Lipinski definition) is 3. The van der Waals surface area contributed by atoms with Gasteiger partial charge in [0, 0.05) is 0 Å². The van der Waals surface area contributed by atoms with Crippen molar-refractivity contribution >= 4 is 11.9 Å². The molecule has 0 saturated carbocycles. The second-order valence-corrected chi connectivity index (χ2v) is 2.56. The number of nitrogens with zero attached hydrogens (tertiary/aromatic N) is 3. The molecule has 4 nitrogen and oxygen atoms in total.